The largest absolute Gasteiger partial charge is 0.377 e. The topological polar surface area (TPSA) is 45.7 Å². The van der Waals surface area contributed by atoms with Crippen molar-refractivity contribution in [2.45, 2.75) is 32.8 Å². The highest BCUT2D eigenvalue weighted by Gasteiger charge is 1.98. The molecule has 2 N–H and O–H groups in total. The summed E-state index contributed by atoms with van der Waals surface area (Å²) in [5.41, 5.74) is 1.23. The molecule has 2 aromatic rings. The molecular weight excluding hydrogens is 330 g/mol. The second-order valence-electron chi connectivity index (χ2n) is 5.76. The number of guanidine groups is 1. The van der Waals surface area contributed by atoms with E-state index in [1.165, 1.54) is 10.4 Å². The molecule has 2 rings (SSSR count). The van der Waals surface area contributed by atoms with Crippen molar-refractivity contribution < 1.29 is 4.74 Å². The van der Waals surface area contributed by atoms with Crippen LogP contribution in [-0.4, -0.2) is 32.2 Å². The first kappa shape index (κ1) is 19.5. The highest BCUT2D eigenvalue weighted by molar-refractivity contribution is 7.09. The van der Waals surface area contributed by atoms with Gasteiger partial charge in [0.1, 0.15) is 0 Å². The molecule has 0 aliphatic heterocycles. The van der Waals surface area contributed by atoms with Crippen LogP contribution in [0, 0.1) is 0 Å². The molecule has 0 atom stereocenters. The SMILES string of the molecule is CCNC(=NCCCCOCc1ccccc1)NCCc1cccs1. The third-order valence-electron chi connectivity index (χ3n) is 3.67. The lowest BCUT2D eigenvalue weighted by molar-refractivity contribution is 0.117. The number of ether oxygens (including phenoxy) is 1. The summed E-state index contributed by atoms with van der Waals surface area (Å²) in [6, 6.07) is 14.6. The van der Waals surface area contributed by atoms with E-state index in [-0.39, 0.29) is 0 Å². The van der Waals surface area contributed by atoms with Crippen LogP contribution in [0.1, 0.15) is 30.2 Å². The zero-order valence-corrected chi connectivity index (χ0v) is 15.9. The van der Waals surface area contributed by atoms with Gasteiger partial charge in [0.05, 0.1) is 6.61 Å². The van der Waals surface area contributed by atoms with Gasteiger partial charge in [-0.15, -0.1) is 11.3 Å². The van der Waals surface area contributed by atoms with Gasteiger partial charge in [0.2, 0.25) is 0 Å². The summed E-state index contributed by atoms with van der Waals surface area (Å²) in [6.07, 6.45) is 3.11. The van der Waals surface area contributed by atoms with Gasteiger partial charge in [-0.3, -0.25) is 4.99 Å². The Bertz CT molecular complexity index is 584. The molecule has 4 nitrogen and oxygen atoms in total. The van der Waals surface area contributed by atoms with E-state index in [1.807, 2.05) is 18.2 Å². The summed E-state index contributed by atoms with van der Waals surface area (Å²) in [5.74, 6) is 0.907. The maximum absolute atomic E-state index is 5.70. The second kappa shape index (κ2) is 12.5. The number of hydrogen-bond donors (Lipinski definition) is 2. The Labute approximate surface area is 155 Å². The van der Waals surface area contributed by atoms with E-state index in [9.17, 15) is 0 Å². The fourth-order valence-corrected chi connectivity index (χ4v) is 3.08. The molecule has 0 aliphatic rings. The maximum atomic E-state index is 5.70. The van der Waals surface area contributed by atoms with E-state index in [1.54, 1.807) is 11.3 Å². The quantitative estimate of drug-likeness (QED) is 0.364. The molecule has 0 bridgehead atoms. The van der Waals surface area contributed by atoms with Crippen molar-refractivity contribution in [3.63, 3.8) is 0 Å². The van der Waals surface area contributed by atoms with Crippen LogP contribution in [-0.2, 0) is 17.8 Å². The number of benzene rings is 1. The fourth-order valence-electron chi connectivity index (χ4n) is 2.37. The Morgan fingerprint density at radius 3 is 2.72 bits per heavy atom. The summed E-state index contributed by atoms with van der Waals surface area (Å²) in [6.45, 7) is 6.18. The van der Waals surface area contributed by atoms with Gasteiger partial charge in [-0.25, -0.2) is 0 Å². The number of rotatable bonds is 11. The highest BCUT2D eigenvalue weighted by atomic mass is 32.1. The Morgan fingerprint density at radius 2 is 1.96 bits per heavy atom. The van der Waals surface area contributed by atoms with Gasteiger partial charge in [-0.05, 0) is 43.2 Å². The molecule has 0 radical (unpaired) electrons. The molecule has 136 valence electrons. The first-order chi connectivity index (χ1) is 12.4. The van der Waals surface area contributed by atoms with Gasteiger partial charge >= 0.3 is 0 Å². The lowest BCUT2D eigenvalue weighted by Crippen LogP contribution is -2.38. The smallest absolute Gasteiger partial charge is 0.191 e. The number of hydrogen-bond acceptors (Lipinski definition) is 3. The van der Waals surface area contributed by atoms with Crippen molar-refractivity contribution in [1.82, 2.24) is 10.6 Å². The number of aliphatic imine (C=N–C) groups is 1. The Hall–Kier alpha value is -1.85. The Kier molecular flexibility index (Phi) is 9.74. The van der Waals surface area contributed by atoms with Gasteiger partial charge in [0.25, 0.3) is 0 Å². The van der Waals surface area contributed by atoms with Crippen LogP contribution in [0.25, 0.3) is 0 Å². The summed E-state index contributed by atoms with van der Waals surface area (Å²) >= 11 is 1.80. The molecule has 1 aromatic heterocycles. The summed E-state index contributed by atoms with van der Waals surface area (Å²) < 4.78 is 5.70. The molecule has 0 fully saturated rings. The predicted octanol–water partition coefficient (Wildman–Crippen LogP) is 3.84. The molecule has 0 spiro atoms. The van der Waals surface area contributed by atoms with E-state index in [4.69, 9.17) is 4.74 Å². The lowest BCUT2D eigenvalue weighted by Gasteiger charge is -2.10. The van der Waals surface area contributed by atoms with E-state index in [0.29, 0.717) is 6.61 Å². The zero-order chi connectivity index (χ0) is 17.6. The number of thiophene rings is 1. The monoisotopic (exact) mass is 359 g/mol. The highest BCUT2D eigenvalue weighted by Crippen LogP contribution is 2.08. The average Bonchev–Trinajstić information content (AvgIpc) is 3.15. The van der Waals surface area contributed by atoms with E-state index >= 15 is 0 Å². The molecular formula is C20H29N3OS. The van der Waals surface area contributed by atoms with Crippen LogP contribution >= 0.6 is 11.3 Å². The van der Waals surface area contributed by atoms with Crippen molar-refractivity contribution in [2.75, 3.05) is 26.2 Å². The molecule has 5 heteroatoms. The number of nitrogens with one attached hydrogen (secondary N) is 2. The normalized spacial score (nSPS) is 11.5. The maximum Gasteiger partial charge on any atom is 0.191 e. The van der Waals surface area contributed by atoms with Gasteiger partial charge < -0.3 is 15.4 Å². The zero-order valence-electron chi connectivity index (χ0n) is 15.0. The van der Waals surface area contributed by atoms with Crippen molar-refractivity contribution in [3.05, 3.63) is 58.3 Å². The second-order valence-corrected chi connectivity index (χ2v) is 6.79. The fraction of sp³-hybridized carbons (Fsp3) is 0.450. The van der Waals surface area contributed by atoms with Gasteiger partial charge in [0.15, 0.2) is 5.96 Å². The Balaban J connectivity index is 1.55. The van der Waals surface area contributed by atoms with Crippen LogP contribution < -0.4 is 10.6 Å². The molecule has 0 saturated carbocycles. The minimum Gasteiger partial charge on any atom is -0.377 e. The first-order valence-electron chi connectivity index (χ1n) is 9.04. The van der Waals surface area contributed by atoms with Crippen LogP contribution in [0.5, 0.6) is 0 Å². The number of unbranched alkanes of at least 4 members (excludes halogenated alkanes) is 1. The molecule has 0 amide bonds. The summed E-state index contributed by atoms with van der Waals surface area (Å²) in [4.78, 5) is 6.03. The van der Waals surface area contributed by atoms with Crippen LogP contribution in [0.4, 0.5) is 0 Å². The molecule has 0 saturated heterocycles. The van der Waals surface area contributed by atoms with Crippen LogP contribution in [0.2, 0.25) is 0 Å². The minimum atomic E-state index is 0.691. The van der Waals surface area contributed by atoms with Gasteiger partial charge in [-0.1, -0.05) is 36.4 Å². The van der Waals surface area contributed by atoms with Crippen LogP contribution in [0.15, 0.2) is 52.8 Å². The third kappa shape index (κ3) is 8.70. The third-order valence-corrected chi connectivity index (χ3v) is 4.60. The van der Waals surface area contributed by atoms with Crippen molar-refractivity contribution >= 4 is 17.3 Å². The van der Waals surface area contributed by atoms with Gasteiger partial charge in [0, 0.05) is 31.1 Å². The Morgan fingerprint density at radius 1 is 1.08 bits per heavy atom. The predicted molar refractivity (Wildman–Crippen MR) is 107 cm³/mol. The van der Waals surface area contributed by atoms with Crippen molar-refractivity contribution in [1.29, 1.82) is 0 Å². The molecule has 1 heterocycles. The van der Waals surface area contributed by atoms with E-state index in [2.05, 4.69) is 52.2 Å². The van der Waals surface area contributed by atoms with Crippen molar-refractivity contribution in [3.8, 4) is 0 Å². The van der Waals surface area contributed by atoms with Gasteiger partial charge in [-0.2, -0.15) is 0 Å². The summed E-state index contributed by atoms with van der Waals surface area (Å²) in [5, 5.41) is 8.81. The minimum absolute atomic E-state index is 0.691. The van der Waals surface area contributed by atoms with E-state index < -0.39 is 0 Å². The van der Waals surface area contributed by atoms with E-state index in [0.717, 1.165) is 51.5 Å². The average molecular weight is 360 g/mol. The van der Waals surface area contributed by atoms with Crippen LogP contribution in [0.3, 0.4) is 0 Å². The lowest BCUT2D eigenvalue weighted by atomic mass is 10.2. The standard InChI is InChI=1S/C20H29N3OS/c1-2-21-20(23-14-12-19-11-8-16-25-19)22-13-6-7-15-24-17-18-9-4-3-5-10-18/h3-5,8-11,16H,2,6-7,12-15,17H2,1H3,(H2,21,22,23). The molecule has 1 aromatic carbocycles. The first-order valence-corrected chi connectivity index (χ1v) is 9.92. The number of nitrogens with zero attached hydrogens (tertiary/aromatic N) is 1. The molecule has 0 aliphatic carbocycles. The molecule has 0 unspecified atom stereocenters. The van der Waals surface area contributed by atoms with Crippen molar-refractivity contribution in [2.24, 2.45) is 4.99 Å². The summed E-state index contributed by atoms with van der Waals surface area (Å²) in [7, 11) is 0. The molecule has 25 heavy (non-hydrogen) atoms.